The van der Waals surface area contributed by atoms with Gasteiger partial charge in [-0.15, -0.1) is 0 Å². The molecule has 0 bridgehead atoms. The van der Waals surface area contributed by atoms with Crippen molar-refractivity contribution in [1.29, 1.82) is 0 Å². The third kappa shape index (κ3) is 4.81. The van der Waals surface area contributed by atoms with Crippen molar-refractivity contribution in [3.8, 4) is 0 Å². The molecular formula is C13H28N2O. The van der Waals surface area contributed by atoms with Crippen molar-refractivity contribution in [2.24, 2.45) is 0 Å². The molecule has 0 amide bonds. The summed E-state index contributed by atoms with van der Waals surface area (Å²) < 4.78 is 0. The predicted octanol–water partition coefficient (Wildman–Crippen LogP) is 1.61. The zero-order valence-corrected chi connectivity index (χ0v) is 11.0. The number of hydrogen-bond donors (Lipinski definition) is 2. The summed E-state index contributed by atoms with van der Waals surface area (Å²) in [5.74, 6) is 0. The molecule has 1 aliphatic rings. The smallest absolute Gasteiger partial charge is 0.0448 e. The first-order valence-corrected chi connectivity index (χ1v) is 6.78. The number of rotatable bonds is 8. The normalized spacial score (nSPS) is 21.2. The first-order valence-electron chi connectivity index (χ1n) is 6.78. The molecule has 1 aliphatic heterocycles. The summed E-state index contributed by atoms with van der Waals surface area (Å²) in [6.07, 6.45) is 5.92. The van der Waals surface area contributed by atoms with E-state index in [0.717, 1.165) is 19.4 Å². The Balaban J connectivity index is 2.08. The Hall–Kier alpha value is -0.120. The van der Waals surface area contributed by atoms with Gasteiger partial charge in [0, 0.05) is 12.1 Å². The first kappa shape index (κ1) is 13.9. The number of aliphatic hydroxyl groups excluding tert-OH is 1. The lowest BCUT2D eigenvalue weighted by molar-refractivity contribution is 0.213. The summed E-state index contributed by atoms with van der Waals surface area (Å²) >= 11 is 0. The molecule has 3 nitrogen and oxygen atoms in total. The lowest BCUT2D eigenvalue weighted by Gasteiger charge is -2.29. The summed E-state index contributed by atoms with van der Waals surface area (Å²) in [5, 5.41) is 12.6. The van der Waals surface area contributed by atoms with Gasteiger partial charge in [0.1, 0.15) is 0 Å². The van der Waals surface area contributed by atoms with Crippen molar-refractivity contribution in [2.75, 3.05) is 32.8 Å². The second kappa shape index (κ2) is 7.25. The van der Waals surface area contributed by atoms with E-state index in [-0.39, 0.29) is 12.1 Å². The highest BCUT2D eigenvalue weighted by atomic mass is 16.3. The summed E-state index contributed by atoms with van der Waals surface area (Å²) in [6, 6.07) is 0. The molecule has 16 heavy (non-hydrogen) atoms. The van der Waals surface area contributed by atoms with Gasteiger partial charge in [-0.2, -0.15) is 0 Å². The van der Waals surface area contributed by atoms with Crippen molar-refractivity contribution in [3.05, 3.63) is 0 Å². The van der Waals surface area contributed by atoms with Crippen LogP contribution in [0.3, 0.4) is 0 Å². The average Bonchev–Trinajstić information content (AvgIpc) is 2.78. The van der Waals surface area contributed by atoms with Crippen molar-refractivity contribution >= 4 is 0 Å². The fourth-order valence-electron chi connectivity index (χ4n) is 2.34. The maximum Gasteiger partial charge on any atom is 0.0448 e. The maximum atomic E-state index is 9.01. The lowest BCUT2D eigenvalue weighted by atomic mass is 9.95. The van der Waals surface area contributed by atoms with Crippen LogP contribution in [0.5, 0.6) is 0 Å². The average molecular weight is 228 g/mol. The Labute approximate surface area is 100 Å². The van der Waals surface area contributed by atoms with Gasteiger partial charge in [-0.05, 0) is 65.2 Å². The summed E-state index contributed by atoms with van der Waals surface area (Å²) in [7, 11) is 0. The largest absolute Gasteiger partial charge is 0.396 e. The van der Waals surface area contributed by atoms with Gasteiger partial charge in [0.05, 0.1) is 0 Å². The first-order chi connectivity index (χ1) is 7.70. The standard InChI is InChI=1S/C13H28N2O/c1-3-13(2,7-12-16)14-8-6-11-15-9-4-5-10-15/h14,16H,3-12H2,1-2H3. The van der Waals surface area contributed by atoms with Crippen LogP contribution in [0.25, 0.3) is 0 Å². The Morgan fingerprint density at radius 2 is 2.00 bits per heavy atom. The SMILES string of the molecule is CCC(C)(CCO)NCCCN1CCCC1. The maximum absolute atomic E-state index is 9.01. The Kier molecular flexibility index (Phi) is 6.32. The van der Waals surface area contributed by atoms with E-state index < -0.39 is 0 Å². The second-order valence-electron chi connectivity index (χ2n) is 5.22. The molecule has 1 rings (SSSR count). The molecule has 0 radical (unpaired) electrons. The van der Waals surface area contributed by atoms with E-state index in [1.165, 1.54) is 38.9 Å². The highest BCUT2D eigenvalue weighted by Gasteiger charge is 2.20. The molecular weight excluding hydrogens is 200 g/mol. The van der Waals surface area contributed by atoms with E-state index >= 15 is 0 Å². The van der Waals surface area contributed by atoms with Gasteiger partial charge in [-0.1, -0.05) is 6.92 Å². The Bertz CT molecular complexity index is 181. The molecule has 96 valence electrons. The molecule has 0 spiro atoms. The van der Waals surface area contributed by atoms with Crippen molar-refractivity contribution < 1.29 is 5.11 Å². The number of hydrogen-bond acceptors (Lipinski definition) is 3. The van der Waals surface area contributed by atoms with Crippen LogP contribution in [-0.2, 0) is 0 Å². The monoisotopic (exact) mass is 228 g/mol. The van der Waals surface area contributed by atoms with E-state index in [1.807, 2.05) is 0 Å². The number of nitrogens with zero attached hydrogens (tertiary/aromatic N) is 1. The predicted molar refractivity (Wildman–Crippen MR) is 68.7 cm³/mol. The van der Waals surface area contributed by atoms with Crippen LogP contribution in [0, 0.1) is 0 Å². The van der Waals surface area contributed by atoms with Crippen LogP contribution in [0.4, 0.5) is 0 Å². The van der Waals surface area contributed by atoms with Crippen LogP contribution in [0.15, 0.2) is 0 Å². The van der Waals surface area contributed by atoms with Gasteiger partial charge >= 0.3 is 0 Å². The summed E-state index contributed by atoms with van der Waals surface area (Å²) in [6.45, 7) is 9.56. The third-order valence-corrected chi connectivity index (χ3v) is 3.85. The Morgan fingerprint density at radius 3 is 2.56 bits per heavy atom. The molecule has 0 aromatic heterocycles. The molecule has 0 saturated carbocycles. The lowest BCUT2D eigenvalue weighted by Crippen LogP contribution is -2.43. The molecule has 2 N–H and O–H groups in total. The number of aliphatic hydroxyl groups is 1. The van der Waals surface area contributed by atoms with E-state index in [1.54, 1.807) is 0 Å². The second-order valence-corrected chi connectivity index (χ2v) is 5.22. The molecule has 0 aromatic rings. The van der Waals surface area contributed by atoms with E-state index in [0.29, 0.717) is 0 Å². The fraction of sp³-hybridized carbons (Fsp3) is 1.00. The third-order valence-electron chi connectivity index (χ3n) is 3.85. The van der Waals surface area contributed by atoms with E-state index in [2.05, 4.69) is 24.1 Å². The molecule has 0 aromatic carbocycles. The molecule has 1 fully saturated rings. The van der Waals surface area contributed by atoms with Gasteiger partial charge in [-0.25, -0.2) is 0 Å². The van der Waals surface area contributed by atoms with Crippen LogP contribution in [-0.4, -0.2) is 48.3 Å². The quantitative estimate of drug-likeness (QED) is 0.620. The topological polar surface area (TPSA) is 35.5 Å². The zero-order valence-electron chi connectivity index (χ0n) is 11.0. The molecule has 0 aliphatic carbocycles. The van der Waals surface area contributed by atoms with Gasteiger partial charge in [0.15, 0.2) is 0 Å². The van der Waals surface area contributed by atoms with Gasteiger partial charge < -0.3 is 15.3 Å². The van der Waals surface area contributed by atoms with Gasteiger partial charge in [0.25, 0.3) is 0 Å². The van der Waals surface area contributed by atoms with Crippen molar-refractivity contribution in [1.82, 2.24) is 10.2 Å². The van der Waals surface area contributed by atoms with Crippen molar-refractivity contribution in [3.63, 3.8) is 0 Å². The molecule has 1 atom stereocenters. The molecule has 1 unspecified atom stereocenters. The van der Waals surface area contributed by atoms with Gasteiger partial charge in [0.2, 0.25) is 0 Å². The minimum atomic E-state index is 0.125. The fourth-order valence-corrected chi connectivity index (χ4v) is 2.34. The Morgan fingerprint density at radius 1 is 1.31 bits per heavy atom. The van der Waals surface area contributed by atoms with E-state index in [9.17, 15) is 0 Å². The van der Waals surface area contributed by atoms with Crippen LogP contribution in [0.2, 0.25) is 0 Å². The number of nitrogens with one attached hydrogen (secondary N) is 1. The summed E-state index contributed by atoms with van der Waals surface area (Å²) in [4.78, 5) is 2.55. The summed E-state index contributed by atoms with van der Waals surface area (Å²) in [5.41, 5.74) is 0.125. The van der Waals surface area contributed by atoms with Crippen LogP contribution in [0.1, 0.15) is 46.0 Å². The van der Waals surface area contributed by atoms with Gasteiger partial charge in [-0.3, -0.25) is 0 Å². The highest BCUT2D eigenvalue weighted by molar-refractivity contribution is 4.81. The van der Waals surface area contributed by atoms with Crippen LogP contribution >= 0.6 is 0 Å². The zero-order chi connectivity index (χ0) is 11.9. The number of likely N-dealkylation sites (tertiary alicyclic amines) is 1. The van der Waals surface area contributed by atoms with E-state index in [4.69, 9.17) is 5.11 Å². The van der Waals surface area contributed by atoms with Crippen molar-refractivity contribution in [2.45, 2.75) is 51.5 Å². The van der Waals surface area contributed by atoms with Crippen LogP contribution < -0.4 is 5.32 Å². The molecule has 1 saturated heterocycles. The highest BCUT2D eigenvalue weighted by Crippen LogP contribution is 2.13. The minimum Gasteiger partial charge on any atom is -0.396 e. The molecule has 1 heterocycles. The minimum absolute atomic E-state index is 0.125. The molecule has 3 heteroatoms.